The van der Waals surface area contributed by atoms with Gasteiger partial charge in [-0.3, -0.25) is 9.36 Å². The third-order valence-corrected chi connectivity index (χ3v) is 2.86. The predicted octanol–water partition coefficient (Wildman–Crippen LogP) is 1.66. The first-order valence-electron chi connectivity index (χ1n) is 6.19. The Morgan fingerprint density at radius 2 is 2.18 bits per heavy atom. The van der Waals surface area contributed by atoms with Gasteiger partial charge in [-0.25, -0.2) is 4.98 Å². The van der Waals surface area contributed by atoms with Crippen LogP contribution in [-0.2, 0) is 6.54 Å². The Hall–Kier alpha value is -1.16. The van der Waals surface area contributed by atoms with Crippen LogP contribution in [0.1, 0.15) is 34.1 Å². The van der Waals surface area contributed by atoms with Gasteiger partial charge in [-0.15, -0.1) is 0 Å². The molecule has 1 N–H and O–H groups in total. The van der Waals surface area contributed by atoms with Gasteiger partial charge in [0.05, 0.1) is 6.33 Å². The maximum absolute atomic E-state index is 11.7. The lowest BCUT2D eigenvalue weighted by Gasteiger charge is -2.32. The fourth-order valence-electron chi connectivity index (χ4n) is 1.68. The van der Waals surface area contributed by atoms with Crippen LogP contribution in [0.2, 0.25) is 0 Å². The number of nitrogens with one attached hydrogen (secondary N) is 1. The number of nitrogens with zero attached hydrogens (tertiary/aromatic N) is 2. The predicted molar refractivity (Wildman–Crippen MR) is 70.0 cm³/mol. The second-order valence-corrected chi connectivity index (χ2v) is 5.44. The first kappa shape index (κ1) is 13.9. The van der Waals surface area contributed by atoms with E-state index >= 15 is 0 Å². The maximum atomic E-state index is 11.7. The smallest absolute Gasteiger partial charge is 0.253 e. The van der Waals surface area contributed by atoms with Gasteiger partial charge in [-0.2, -0.15) is 0 Å². The Balaban J connectivity index is 2.80. The summed E-state index contributed by atoms with van der Waals surface area (Å²) < 4.78 is 1.67. The molecule has 0 aliphatic rings. The van der Waals surface area contributed by atoms with Gasteiger partial charge in [0.25, 0.3) is 5.56 Å². The maximum Gasteiger partial charge on any atom is 0.253 e. The number of hydrogen-bond donors (Lipinski definition) is 1. The van der Waals surface area contributed by atoms with E-state index in [0.29, 0.717) is 6.54 Å². The highest BCUT2D eigenvalue weighted by Crippen LogP contribution is 2.20. The molecule has 96 valence electrons. The van der Waals surface area contributed by atoms with E-state index in [2.05, 4.69) is 38.0 Å². The van der Waals surface area contributed by atoms with Gasteiger partial charge in [0.2, 0.25) is 0 Å². The van der Waals surface area contributed by atoms with Gasteiger partial charge in [0.15, 0.2) is 0 Å². The van der Waals surface area contributed by atoms with Gasteiger partial charge in [-0.1, -0.05) is 27.7 Å². The fourth-order valence-corrected chi connectivity index (χ4v) is 1.68. The molecule has 0 aliphatic carbocycles. The van der Waals surface area contributed by atoms with Gasteiger partial charge in [0, 0.05) is 24.8 Å². The lowest BCUT2D eigenvalue weighted by Crippen LogP contribution is -2.45. The third-order valence-electron chi connectivity index (χ3n) is 2.86. The van der Waals surface area contributed by atoms with E-state index in [0.717, 1.165) is 13.0 Å². The number of rotatable bonds is 5. The summed E-state index contributed by atoms with van der Waals surface area (Å²) >= 11 is 0. The molecule has 0 saturated heterocycles. The highest BCUT2D eigenvalue weighted by Gasteiger charge is 2.24. The molecule has 0 aliphatic heterocycles. The standard InChI is InChI=1S/C13H23N3O/c1-5-7-15-11(13(2,3)4)9-16-10-14-8-6-12(16)17/h6,8,10-11,15H,5,7,9H2,1-4H3. The topological polar surface area (TPSA) is 46.9 Å². The third kappa shape index (κ3) is 4.30. The van der Waals surface area contributed by atoms with Crippen LogP contribution in [0, 0.1) is 5.41 Å². The van der Waals surface area contributed by atoms with E-state index < -0.39 is 0 Å². The second-order valence-electron chi connectivity index (χ2n) is 5.44. The van der Waals surface area contributed by atoms with Crippen LogP contribution in [0.5, 0.6) is 0 Å². The zero-order chi connectivity index (χ0) is 12.9. The number of aromatic nitrogens is 2. The summed E-state index contributed by atoms with van der Waals surface area (Å²) in [6, 6.07) is 1.77. The van der Waals surface area contributed by atoms with Crippen LogP contribution in [0.25, 0.3) is 0 Å². The second kappa shape index (κ2) is 5.96. The molecule has 0 saturated carbocycles. The molecule has 0 aromatic carbocycles. The quantitative estimate of drug-likeness (QED) is 0.847. The molecule has 1 atom stereocenters. The van der Waals surface area contributed by atoms with E-state index in [-0.39, 0.29) is 17.0 Å². The van der Waals surface area contributed by atoms with E-state index in [4.69, 9.17) is 0 Å². The lowest BCUT2D eigenvalue weighted by molar-refractivity contribution is 0.240. The zero-order valence-corrected chi connectivity index (χ0v) is 11.2. The summed E-state index contributed by atoms with van der Waals surface area (Å²) in [5.41, 5.74) is 0.123. The fraction of sp³-hybridized carbons (Fsp3) is 0.692. The summed E-state index contributed by atoms with van der Waals surface area (Å²) in [6.07, 6.45) is 4.23. The lowest BCUT2D eigenvalue weighted by atomic mass is 9.86. The molecular weight excluding hydrogens is 214 g/mol. The average molecular weight is 237 g/mol. The summed E-state index contributed by atoms with van der Waals surface area (Å²) in [5.74, 6) is 0. The Morgan fingerprint density at radius 3 is 2.71 bits per heavy atom. The molecule has 0 fully saturated rings. The SMILES string of the molecule is CCCNC(Cn1cnccc1=O)C(C)(C)C. The Morgan fingerprint density at radius 1 is 1.47 bits per heavy atom. The van der Waals surface area contributed by atoms with Crippen molar-refractivity contribution in [3.05, 3.63) is 28.9 Å². The van der Waals surface area contributed by atoms with E-state index in [9.17, 15) is 4.79 Å². The minimum absolute atomic E-state index is 0.00699. The van der Waals surface area contributed by atoms with Crippen molar-refractivity contribution in [1.29, 1.82) is 0 Å². The molecule has 1 aromatic rings. The molecule has 4 heteroatoms. The molecule has 1 unspecified atom stereocenters. The molecule has 0 radical (unpaired) electrons. The summed E-state index contributed by atoms with van der Waals surface area (Å²) in [6.45, 7) is 10.3. The van der Waals surface area contributed by atoms with Crippen molar-refractivity contribution in [3.63, 3.8) is 0 Å². The normalized spacial score (nSPS) is 13.6. The molecule has 0 amide bonds. The minimum Gasteiger partial charge on any atom is -0.312 e. The first-order chi connectivity index (χ1) is 7.95. The van der Waals surface area contributed by atoms with Crippen molar-refractivity contribution >= 4 is 0 Å². The van der Waals surface area contributed by atoms with E-state index in [1.807, 2.05) is 0 Å². The zero-order valence-electron chi connectivity index (χ0n) is 11.2. The Labute approximate surface area is 103 Å². The highest BCUT2D eigenvalue weighted by atomic mass is 16.1. The van der Waals surface area contributed by atoms with Gasteiger partial charge in [0.1, 0.15) is 0 Å². The van der Waals surface area contributed by atoms with Crippen molar-refractivity contribution in [1.82, 2.24) is 14.9 Å². The summed E-state index contributed by atoms with van der Waals surface area (Å²) in [7, 11) is 0. The molecule has 0 bridgehead atoms. The molecular formula is C13H23N3O. The van der Waals surface area contributed by atoms with Crippen LogP contribution in [0.4, 0.5) is 0 Å². The number of hydrogen-bond acceptors (Lipinski definition) is 3. The minimum atomic E-state index is 0.00699. The molecule has 4 nitrogen and oxygen atoms in total. The molecule has 1 aromatic heterocycles. The van der Waals surface area contributed by atoms with Crippen LogP contribution in [0.15, 0.2) is 23.4 Å². The Kier molecular flexibility index (Phi) is 4.87. The molecule has 1 heterocycles. The van der Waals surface area contributed by atoms with E-state index in [1.165, 1.54) is 12.3 Å². The summed E-state index contributed by atoms with van der Waals surface area (Å²) in [4.78, 5) is 15.6. The van der Waals surface area contributed by atoms with Crippen molar-refractivity contribution in [2.45, 2.75) is 46.7 Å². The largest absolute Gasteiger partial charge is 0.312 e. The first-order valence-corrected chi connectivity index (χ1v) is 6.19. The molecule has 0 spiro atoms. The van der Waals surface area contributed by atoms with Crippen molar-refractivity contribution in [3.8, 4) is 0 Å². The van der Waals surface area contributed by atoms with Gasteiger partial charge < -0.3 is 5.32 Å². The van der Waals surface area contributed by atoms with Crippen molar-refractivity contribution < 1.29 is 0 Å². The van der Waals surface area contributed by atoms with Crippen LogP contribution in [-0.4, -0.2) is 22.1 Å². The van der Waals surface area contributed by atoms with Crippen LogP contribution >= 0.6 is 0 Å². The van der Waals surface area contributed by atoms with Crippen molar-refractivity contribution in [2.75, 3.05) is 6.54 Å². The monoisotopic (exact) mass is 237 g/mol. The van der Waals surface area contributed by atoms with Crippen LogP contribution in [0.3, 0.4) is 0 Å². The Bertz CT molecular complexity index is 392. The van der Waals surface area contributed by atoms with Crippen LogP contribution < -0.4 is 10.9 Å². The average Bonchev–Trinajstić information content (AvgIpc) is 2.25. The summed E-state index contributed by atoms with van der Waals surface area (Å²) in [5, 5.41) is 3.50. The van der Waals surface area contributed by atoms with Crippen molar-refractivity contribution in [2.24, 2.45) is 5.41 Å². The van der Waals surface area contributed by atoms with Gasteiger partial charge in [-0.05, 0) is 18.4 Å². The van der Waals surface area contributed by atoms with E-state index in [1.54, 1.807) is 10.9 Å². The highest BCUT2D eigenvalue weighted by molar-refractivity contribution is 4.87. The molecule has 17 heavy (non-hydrogen) atoms. The van der Waals surface area contributed by atoms with Gasteiger partial charge >= 0.3 is 0 Å². The molecule has 1 rings (SSSR count).